The molecule has 0 unspecified atom stereocenters. The van der Waals surface area contributed by atoms with Crippen LogP contribution in [0.3, 0.4) is 0 Å². The predicted molar refractivity (Wildman–Crippen MR) is 56.5 cm³/mol. The molecule has 1 rings (SSSR count). The van der Waals surface area contributed by atoms with Crippen LogP contribution in [-0.2, 0) is 9.53 Å². The van der Waals surface area contributed by atoms with E-state index >= 15 is 0 Å². The van der Waals surface area contributed by atoms with Gasteiger partial charge in [-0.05, 0) is 12.1 Å². The summed E-state index contributed by atoms with van der Waals surface area (Å²) in [5.41, 5.74) is 0.697. The van der Waals surface area contributed by atoms with Crippen molar-refractivity contribution in [1.29, 1.82) is 0 Å². The van der Waals surface area contributed by atoms with E-state index in [2.05, 4.69) is 10.6 Å². The molecule has 0 heterocycles. The maximum atomic E-state index is 13.3. The molecule has 0 aromatic heterocycles. The first-order valence-corrected chi connectivity index (χ1v) is 4.51. The first kappa shape index (κ1) is 11.5. The number of carbonyl (C=O) groups excluding carboxylic acids is 1. The molecule has 0 fully saturated rings. The lowest BCUT2D eigenvalue weighted by atomic mass is 10.2. The van der Waals surface area contributed by atoms with E-state index in [-0.39, 0.29) is 5.69 Å². The van der Waals surface area contributed by atoms with E-state index in [0.29, 0.717) is 25.2 Å². The smallest absolute Gasteiger partial charge is 0.211 e. The van der Waals surface area contributed by atoms with Crippen LogP contribution in [0.4, 0.5) is 15.8 Å². The molecular formula is C10H13FN2O2. The number of anilines is 2. The van der Waals surface area contributed by atoms with Gasteiger partial charge in [0, 0.05) is 13.7 Å². The molecule has 0 bridgehead atoms. The highest BCUT2D eigenvalue weighted by Crippen LogP contribution is 2.23. The molecule has 0 spiro atoms. The molecule has 4 nitrogen and oxygen atoms in total. The molecule has 0 atom stereocenters. The zero-order chi connectivity index (χ0) is 11.1. The predicted octanol–water partition coefficient (Wildman–Crippen LogP) is 1.45. The maximum absolute atomic E-state index is 13.3. The fourth-order valence-electron chi connectivity index (χ4n) is 1.16. The summed E-state index contributed by atoms with van der Waals surface area (Å²) in [6.45, 7) is 1.06. The molecule has 0 aliphatic rings. The van der Waals surface area contributed by atoms with Gasteiger partial charge < -0.3 is 15.4 Å². The lowest BCUT2D eigenvalue weighted by Crippen LogP contribution is -2.10. The summed E-state index contributed by atoms with van der Waals surface area (Å²) in [7, 11) is 1.58. The van der Waals surface area contributed by atoms with Gasteiger partial charge in [-0.3, -0.25) is 4.79 Å². The van der Waals surface area contributed by atoms with E-state index in [1.807, 2.05) is 0 Å². The molecule has 82 valence electrons. The number of rotatable bonds is 6. The Labute approximate surface area is 87.4 Å². The van der Waals surface area contributed by atoms with Crippen molar-refractivity contribution in [2.45, 2.75) is 0 Å². The highest BCUT2D eigenvalue weighted by atomic mass is 19.1. The summed E-state index contributed by atoms with van der Waals surface area (Å²) < 4.78 is 18.1. The highest BCUT2D eigenvalue weighted by molar-refractivity contribution is 5.81. The Morgan fingerprint density at radius 3 is 3.00 bits per heavy atom. The highest BCUT2D eigenvalue weighted by Gasteiger charge is 2.06. The summed E-state index contributed by atoms with van der Waals surface area (Å²) in [5, 5.41) is 5.27. The van der Waals surface area contributed by atoms with Crippen LogP contribution in [0.1, 0.15) is 0 Å². The third kappa shape index (κ3) is 3.21. The quantitative estimate of drug-likeness (QED) is 0.554. The van der Waals surface area contributed by atoms with Gasteiger partial charge in [-0.2, -0.15) is 0 Å². The van der Waals surface area contributed by atoms with Gasteiger partial charge in [0.25, 0.3) is 0 Å². The lowest BCUT2D eigenvalue weighted by molar-refractivity contribution is -0.105. The number of benzene rings is 1. The lowest BCUT2D eigenvalue weighted by Gasteiger charge is -2.11. The molecule has 5 heteroatoms. The van der Waals surface area contributed by atoms with E-state index in [0.717, 1.165) is 0 Å². The van der Waals surface area contributed by atoms with Crippen molar-refractivity contribution in [3.8, 4) is 0 Å². The minimum Gasteiger partial charge on any atom is -0.383 e. The summed E-state index contributed by atoms with van der Waals surface area (Å²) in [6, 6.07) is 4.54. The molecule has 1 aromatic rings. The molecule has 1 amide bonds. The van der Waals surface area contributed by atoms with Gasteiger partial charge >= 0.3 is 0 Å². The van der Waals surface area contributed by atoms with Gasteiger partial charge in [0.05, 0.1) is 12.3 Å². The number of amides is 1. The minimum atomic E-state index is -0.468. The Hall–Kier alpha value is -1.62. The zero-order valence-electron chi connectivity index (χ0n) is 8.42. The number of methoxy groups -OCH3 is 1. The van der Waals surface area contributed by atoms with E-state index in [4.69, 9.17) is 4.74 Å². The fourth-order valence-corrected chi connectivity index (χ4v) is 1.16. The van der Waals surface area contributed by atoms with Gasteiger partial charge in [-0.1, -0.05) is 6.07 Å². The van der Waals surface area contributed by atoms with Crippen molar-refractivity contribution in [3.05, 3.63) is 24.0 Å². The van der Waals surface area contributed by atoms with Crippen molar-refractivity contribution >= 4 is 17.8 Å². The molecule has 0 radical (unpaired) electrons. The Bertz CT molecular complexity index is 331. The molecule has 0 aliphatic heterocycles. The minimum absolute atomic E-state index is 0.156. The number of halogens is 1. The second-order valence-corrected chi connectivity index (χ2v) is 2.84. The summed E-state index contributed by atoms with van der Waals surface area (Å²) in [4.78, 5) is 10.3. The standard InChI is InChI=1S/C10H13FN2O2/c1-15-6-5-12-9-4-2-3-8(11)10(9)13-7-14/h2-4,7,12H,5-6H2,1H3,(H,13,14). The van der Waals surface area contributed by atoms with Gasteiger partial charge in [-0.25, -0.2) is 4.39 Å². The number of ether oxygens (including phenoxy) is 1. The Balaban J connectivity index is 2.75. The largest absolute Gasteiger partial charge is 0.383 e. The monoisotopic (exact) mass is 212 g/mol. The van der Waals surface area contributed by atoms with Crippen molar-refractivity contribution in [3.63, 3.8) is 0 Å². The van der Waals surface area contributed by atoms with Gasteiger partial charge in [0.15, 0.2) is 0 Å². The summed E-state index contributed by atoms with van der Waals surface area (Å²) >= 11 is 0. The first-order chi connectivity index (χ1) is 7.29. The second kappa shape index (κ2) is 5.98. The summed E-state index contributed by atoms with van der Waals surface area (Å²) in [6.07, 6.45) is 0.444. The van der Waals surface area contributed by atoms with Crippen LogP contribution in [-0.4, -0.2) is 26.7 Å². The molecule has 2 N–H and O–H groups in total. The van der Waals surface area contributed by atoms with Crippen LogP contribution >= 0.6 is 0 Å². The number of nitrogens with one attached hydrogen (secondary N) is 2. The number of para-hydroxylation sites is 1. The van der Waals surface area contributed by atoms with Crippen molar-refractivity contribution in [2.75, 3.05) is 30.9 Å². The molecule has 15 heavy (non-hydrogen) atoms. The van der Waals surface area contributed by atoms with E-state index in [1.54, 1.807) is 19.2 Å². The van der Waals surface area contributed by atoms with Crippen LogP contribution in [0.2, 0.25) is 0 Å². The number of carbonyl (C=O) groups is 1. The topological polar surface area (TPSA) is 50.4 Å². The second-order valence-electron chi connectivity index (χ2n) is 2.84. The number of hydrogen-bond acceptors (Lipinski definition) is 3. The van der Waals surface area contributed by atoms with Crippen molar-refractivity contribution in [1.82, 2.24) is 0 Å². The fraction of sp³-hybridized carbons (Fsp3) is 0.300. The average Bonchev–Trinajstić information content (AvgIpc) is 2.23. The van der Waals surface area contributed by atoms with E-state index < -0.39 is 5.82 Å². The van der Waals surface area contributed by atoms with Crippen LogP contribution in [0.5, 0.6) is 0 Å². The Morgan fingerprint density at radius 2 is 2.33 bits per heavy atom. The molecule has 1 aromatic carbocycles. The zero-order valence-corrected chi connectivity index (χ0v) is 8.42. The van der Waals surface area contributed by atoms with Crippen LogP contribution < -0.4 is 10.6 Å². The number of hydrogen-bond donors (Lipinski definition) is 2. The van der Waals surface area contributed by atoms with E-state index in [9.17, 15) is 9.18 Å². The van der Waals surface area contributed by atoms with Gasteiger partial charge in [-0.15, -0.1) is 0 Å². The van der Waals surface area contributed by atoms with Crippen LogP contribution in [0.25, 0.3) is 0 Å². The van der Waals surface area contributed by atoms with Crippen molar-refractivity contribution < 1.29 is 13.9 Å². The summed E-state index contributed by atoms with van der Waals surface area (Å²) in [5.74, 6) is -0.468. The maximum Gasteiger partial charge on any atom is 0.211 e. The Kier molecular flexibility index (Phi) is 4.56. The van der Waals surface area contributed by atoms with Crippen LogP contribution in [0, 0.1) is 5.82 Å². The average molecular weight is 212 g/mol. The van der Waals surface area contributed by atoms with E-state index in [1.165, 1.54) is 6.07 Å². The van der Waals surface area contributed by atoms with Crippen LogP contribution in [0.15, 0.2) is 18.2 Å². The molecule has 0 saturated carbocycles. The third-order valence-corrected chi connectivity index (χ3v) is 1.84. The Morgan fingerprint density at radius 1 is 1.53 bits per heavy atom. The third-order valence-electron chi connectivity index (χ3n) is 1.84. The SMILES string of the molecule is COCCNc1cccc(F)c1NC=O. The molecule has 0 saturated heterocycles. The van der Waals surface area contributed by atoms with Gasteiger partial charge in [0.2, 0.25) is 6.41 Å². The first-order valence-electron chi connectivity index (χ1n) is 4.51. The van der Waals surface area contributed by atoms with Crippen molar-refractivity contribution in [2.24, 2.45) is 0 Å². The molecule has 0 aliphatic carbocycles. The molecular weight excluding hydrogens is 199 g/mol. The normalized spacial score (nSPS) is 9.73. The van der Waals surface area contributed by atoms with Gasteiger partial charge in [0.1, 0.15) is 11.5 Å².